The maximum Gasteiger partial charge on any atom is 0.435 e. The molecule has 7 heteroatoms. The zero-order valence-corrected chi connectivity index (χ0v) is 8.55. The van der Waals surface area contributed by atoms with Gasteiger partial charge in [0.25, 0.3) is 0 Å². The third kappa shape index (κ3) is 1.99. The lowest BCUT2D eigenvalue weighted by atomic mass is 10.4. The molecule has 0 bridgehead atoms. The first-order chi connectivity index (χ1) is 7.50. The van der Waals surface area contributed by atoms with Gasteiger partial charge in [0.15, 0.2) is 12.0 Å². The number of carbonyl (C=O) groups is 1. The Labute approximate surface area is 92.1 Å². The molecule has 0 saturated heterocycles. The van der Waals surface area contributed by atoms with Crippen molar-refractivity contribution in [3.8, 4) is 5.69 Å². The highest BCUT2D eigenvalue weighted by atomic mass is 32.1. The van der Waals surface area contributed by atoms with Crippen molar-refractivity contribution >= 4 is 17.6 Å². The number of halogens is 3. The van der Waals surface area contributed by atoms with Crippen LogP contribution in [0.4, 0.5) is 13.2 Å². The molecule has 0 unspecified atom stereocenters. The van der Waals surface area contributed by atoms with Crippen LogP contribution in [0, 0.1) is 0 Å². The Morgan fingerprint density at radius 2 is 2.19 bits per heavy atom. The van der Waals surface area contributed by atoms with E-state index in [1.54, 1.807) is 5.38 Å². The molecule has 0 saturated carbocycles. The van der Waals surface area contributed by atoms with Crippen LogP contribution < -0.4 is 0 Å². The third-order valence-electron chi connectivity index (χ3n) is 1.87. The SMILES string of the molecule is O=Cc1cc(-n2ccc(C(F)(F)F)n2)cs1. The first-order valence-electron chi connectivity index (χ1n) is 4.17. The monoisotopic (exact) mass is 246 g/mol. The average molecular weight is 246 g/mol. The normalized spacial score (nSPS) is 11.7. The predicted octanol–water partition coefficient (Wildman–Crippen LogP) is 2.77. The molecule has 16 heavy (non-hydrogen) atoms. The van der Waals surface area contributed by atoms with Crippen LogP contribution in [0.1, 0.15) is 15.4 Å². The quantitative estimate of drug-likeness (QED) is 0.764. The minimum atomic E-state index is -4.45. The first-order valence-corrected chi connectivity index (χ1v) is 5.05. The molecule has 2 aromatic heterocycles. The number of aldehydes is 1. The summed E-state index contributed by atoms with van der Waals surface area (Å²) < 4.78 is 37.9. The standard InChI is InChI=1S/C9H5F3N2OS/c10-9(11,12)8-1-2-14(13-8)6-3-7(4-15)16-5-6/h1-5H. The number of nitrogens with zero attached hydrogens (tertiary/aromatic N) is 2. The molecular weight excluding hydrogens is 241 g/mol. The summed E-state index contributed by atoms with van der Waals surface area (Å²) in [5.41, 5.74) is -0.506. The molecule has 2 rings (SSSR count). The number of aromatic nitrogens is 2. The molecule has 0 spiro atoms. The van der Waals surface area contributed by atoms with Crippen molar-refractivity contribution < 1.29 is 18.0 Å². The molecule has 0 aliphatic rings. The Morgan fingerprint density at radius 1 is 1.44 bits per heavy atom. The molecule has 2 aromatic rings. The lowest BCUT2D eigenvalue weighted by molar-refractivity contribution is -0.141. The van der Waals surface area contributed by atoms with E-state index in [9.17, 15) is 18.0 Å². The maximum absolute atomic E-state index is 12.3. The van der Waals surface area contributed by atoms with Crippen molar-refractivity contribution in [2.45, 2.75) is 6.18 Å². The van der Waals surface area contributed by atoms with E-state index in [4.69, 9.17) is 0 Å². The maximum atomic E-state index is 12.3. The van der Waals surface area contributed by atoms with E-state index in [0.717, 1.165) is 22.1 Å². The van der Waals surface area contributed by atoms with Gasteiger partial charge in [-0.2, -0.15) is 18.3 Å². The fourth-order valence-electron chi connectivity index (χ4n) is 1.14. The molecule has 2 heterocycles. The molecular formula is C9H5F3N2OS. The summed E-state index contributed by atoms with van der Waals surface area (Å²) in [6, 6.07) is 2.36. The zero-order chi connectivity index (χ0) is 11.8. The number of carbonyl (C=O) groups excluding carboxylic acids is 1. The number of hydrogen-bond acceptors (Lipinski definition) is 3. The van der Waals surface area contributed by atoms with Crippen LogP contribution >= 0.6 is 11.3 Å². The van der Waals surface area contributed by atoms with Gasteiger partial charge in [-0.05, 0) is 12.1 Å². The summed E-state index contributed by atoms with van der Waals surface area (Å²) in [6.45, 7) is 0. The molecule has 0 radical (unpaired) electrons. The second-order valence-corrected chi connectivity index (χ2v) is 3.91. The van der Waals surface area contributed by atoms with Crippen LogP contribution in [-0.2, 0) is 6.18 Å². The van der Waals surface area contributed by atoms with Crippen molar-refractivity contribution in [1.29, 1.82) is 0 Å². The Bertz CT molecular complexity index is 515. The molecule has 3 nitrogen and oxygen atoms in total. The van der Waals surface area contributed by atoms with Gasteiger partial charge in [0.1, 0.15) is 0 Å². The van der Waals surface area contributed by atoms with E-state index >= 15 is 0 Å². The fraction of sp³-hybridized carbons (Fsp3) is 0.111. The minimum Gasteiger partial charge on any atom is -0.297 e. The van der Waals surface area contributed by atoms with E-state index < -0.39 is 11.9 Å². The number of alkyl halides is 3. The van der Waals surface area contributed by atoms with E-state index in [2.05, 4.69) is 5.10 Å². The van der Waals surface area contributed by atoms with Crippen LogP contribution in [0.2, 0.25) is 0 Å². The van der Waals surface area contributed by atoms with E-state index in [1.165, 1.54) is 12.3 Å². The van der Waals surface area contributed by atoms with Crippen LogP contribution in [0.15, 0.2) is 23.7 Å². The molecule has 0 aromatic carbocycles. The smallest absolute Gasteiger partial charge is 0.297 e. The summed E-state index contributed by atoms with van der Waals surface area (Å²) in [7, 11) is 0. The second-order valence-electron chi connectivity index (χ2n) is 2.97. The Kier molecular flexibility index (Phi) is 2.55. The molecule has 0 aliphatic heterocycles. The largest absolute Gasteiger partial charge is 0.435 e. The first kappa shape index (κ1) is 10.9. The van der Waals surface area contributed by atoms with Crippen molar-refractivity contribution in [3.63, 3.8) is 0 Å². The van der Waals surface area contributed by atoms with Gasteiger partial charge in [0.05, 0.1) is 10.6 Å². The second kappa shape index (κ2) is 3.75. The van der Waals surface area contributed by atoms with Gasteiger partial charge >= 0.3 is 6.18 Å². The summed E-state index contributed by atoms with van der Waals surface area (Å²) in [5.74, 6) is 0. The van der Waals surface area contributed by atoms with E-state index in [1.807, 2.05) is 0 Å². The van der Waals surface area contributed by atoms with E-state index in [0.29, 0.717) is 16.9 Å². The van der Waals surface area contributed by atoms with Gasteiger partial charge in [-0.25, -0.2) is 4.68 Å². The van der Waals surface area contributed by atoms with E-state index in [-0.39, 0.29) is 0 Å². The summed E-state index contributed by atoms with van der Waals surface area (Å²) >= 11 is 1.15. The lowest BCUT2D eigenvalue weighted by Crippen LogP contribution is -2.06. The summed E-state index contributed by atoms with van der Waals surface area (Å²) in [6.07, 6.45) is -2.60. The highest BCUT2D eigenvalue weighted by Crippen LogP contribution is 2.28. The molecule has 0 aliphatic carbocycles. The van der Waals surface area contributed by atoms with Gasteiger partial charge in [-0.1, -0.05) is 0 Å². The van der Waals surface area contributed by atoms with Crippen molar-refractivity contribution in [2.24, 2.45) is 0 Å². The van der Waals surface area contributed by atoms with Gasteiger partial charge < -0.3 is 0 Å². The Hall–Kier alpha value is -1.63. The molecule has 0 N–H and O–H groups in total. The third-order valence-corrected chi connectivity index (χ3v) is 2.71. The minimum absolute atomic E-state index is 0.444. The summed E-state index contributed by atoms with van der Waals surface area (Å²) in [5, 5.41) is 4.95. The van der Waals surface area contributed by atoms with Crippen molar-refractivity contribution in [3.05, 3.63) is 34.3 Å². The molecule has 0 fully saturated rings. The molecule has 0 amide bonds. The Morgan fingerprint density at radius 3 is 2.69 bits per heavy atom. The van der Waals surface area contributed by atoms with Gasteiger partial charge in [-0.15, -0.1) is 11.3 Å². The zero-order valence-electron chi connectivity index (χ0n) is 7.73. The topological polar surface area (TPSA) is 34.9 Å². The van der Waals surface area contributed by atoms with Crippen molar-refractivity contribution in [1.82, 2.24) is 9.78 Å². The van der Waals surface area contributed by atoms with Crippen LogP contribution in [0.3, 0.4) is 0 Å². The number of hydrogen-bond donors (Lipinski definition) is 0. The molecule has 84 valence electrons. The molecule has 0 atom stereocenters. The highest BCUT2D eigenvalue weighted by molar-refractivity contribution is 7.12. The average Bonchev–Trinajstić information content (AvgIpc) is 2.85. The fourth-order valence-corrected chi connectivity index (χ4v) is 1.82. The predicted molar refractivity (Wildman–Crippen MR) is 51.8 cm³/mol. The van der Waals surface area contributed by atoms with Gasteiger partial charge in [0.2, 0.25) is 0 Å². The summed E-state index contributed by atoms with van der Waals surface area (Å²) in [4.78, 5) is 10.9. The van der Waals surface area contributed by atoms with Crippen molar-refractivity contribution in [2.75, 3.05) is 0 Å². The van der Waals surface area contributed by atoms with Crippen LogP contribution in [0.25, 0.3) is 5.69 Å². The Balaban J connectivity index is 2.35. The van der Waals surface area contributed by atoms with Gasteiger partial charge in [-0.3, -0.25) is 4.79 Å². The van der Waals surface area contributed by atoms with Crippen LogP contribution in [0.5, 0.6) is 0 Å². The van der Waals surface area contributed by atoms with Crippen LogP contribution in [-0.4, -0.2) is 16.1 Å². The number of thiophene rings is 1. The van der Waals surface area contributed by atoms with Gasteiger partial charge in [0, 0.05) is 11.6 Å². The number of rotatable bonds is 2. The highest BCUT2D eigenvalue weighted by Gasteiger charge is 2.33. The lowest BCUT2D eigenvalue weighted by Gasteiger charge is -2.00.